The van der Waals surface area contributed by atoms with E-state index in [1.165, 1.54) is 53.7 Å². The zero-order chi connectivity index (χ0) is 14.1. The largest absolute Gasteiger partial charge is 0.143 e. The van der Waals surface area contributed by atoms with E-state index in [1.54, 1.807) is 10.4 Å². The van der Waals surface area contributed by atoms with Gasteiger partial charge in [0.2, 0.25) is 0 Å². The number of fused-ring (bicyclic) bond motifs is 1. The van der Waals surface area contributed by atoms with E-state index in [-0.39, 0.29) is 5.38 Å². The van der Waals surface area contributed by atoms with Crippen molar-refractivity contribution in [3.05, 3.63) is 56.3 Å². The van der Waals surface area contributed by atoms with Crippen molar-refractivity contribution in [2.24, 2.45) is 0 Å². The highest BCUT2D eigenvalue weighted by molar-refractivity contribution is 7.12. The molecule has 1 aliphatic rings. The first-order valence-electron chi connectivity index (χ1n) is 7.48. The fourth-order valence-corrected chi connectivity index (χ4v) is 4.50. The molecule has 1 aliphatic carbocycles. The summed E-state index contributed by atoms with van der Waals surface area (Å²) in [5.74, 6) is 0. The minimum absolute atomic E-state index is 0.00577. The van der Waals surface area contributed by atoms with Crippen molar-refractivity contribution in [1.82, 2.24) is 0 Å². The number of benzene rings is 1. The third kappa shape index (κ3) is 2.80. The summed E-state index contributed by atoms with van der Waals surface area (Å²) >= 11 is 8.66. The molecule has 106 valence electrons. The predicted octanol–water partition coefficient (Wildman–Crippen LogP) is 5.96. The molecule has 1 unspecified atom stereocenters. The molecule has 3 rings (SSSR count). The topological polar surface area (TPSA) is 0 Å². The van der Waals surface area contributed by atoms with E-state index < -0.39 is 0 Å². The number of rotatable bonds is 2. The van der Waals surface area contributed by atoms with Crippen LogP contribution in [0.2, 0.25) is 0 Å². The summed E-state index contributed by atoms with van der Waals surface area (Å²) in [6, 6.07) is 8.94. The number of alkyl halides is 1. The fraction of sp³-hybridized carbons (Fsp3) is 0.444. The minimum atomic E-state index is 0.00577. The number of halogens is 1. The maximum atomic E-state index is 6.73. The van der Waals surface area contributed by atoms with E-state index in [0.717, 1.165) is 0 Å². The molecule has 0 radical (unpaired) electrons. The van der Waals surface area contributed by atoms with Gasteiger partial charge in [0.25, 0.3) is 0 Å². The summed E-state index contributed by atoms with van der Waals surface area (Å²) in [4.78, 5) is 2.90. The van der Waals surface area contributed by atoms with E-state index in [0.29, 0.717) is 0 Å². The zero-order valence-corrected chi connectivity index (χ0v) is 13.8. The van der Waals surface area contributed by atoms with Gasteiger partial charge in [0, 0.05) is 9.75 Å². The van der Waals surface area contributed by atoms with Crippen LogP contribution in [-0.2, 0) is 12.8 Å². The van der Waals surface area contributed by atoms with Crippen molar-refractivity contribution in [2.45, 2.75) is 51.3 Å². The quantitative estimate of drug-likeness (QED) is 0.474. The fourth-order valence-electron chi connectivity index (χ4n) is 2.90. The van der Waals surface area contributed by atoms with Gasteiger partial charge in [-0.3, -0.25) is 0 Å². The summed E-state index contributed by atoms with van der Waals surface area (Å²) < 4.78 is 0. The maximum absolute atomic E-state index is 6.73. The number of hydrogen-bond donors (Lipinski definition) is 0. The molecule has 0 saturated heterocycles. The van der Waals surface area contributed by atoms with Crippen molar-refractivity contribution in [3.8, 4) is 0 Å². The van der Waals surface area contributed by atoms with Gasteiger partial charge in [-0.1, -0.05) is 24.6 Å². The predicted molar refractivity (Wildman–Crippen MR) is 89.2 cm³/mol. The van der Waals surface area contributed by atoms with Gasteiger partial charge >= 0.3 is 0 Å². The highest BCUT2D eigenvalue weighted by Gasteiger charge is 2.18. The number of thiophene rings is 1. The summed E-state index contributed by atoms with van der Waals surface area (Å²) in [5.41, 5.74) is 5.44. The van der Waals surface area contributed by atoms with Crippen LogP contribution in [0, 0.1) is 13.8 Å². The van der Waals surface area contributed by atoms with Crippen molar-refractivity contribution in [1.29, 1.82) is 0 Å². The molecule has 2 heteroatoms. The molecule has 1 aromatic carbocycles. The average Bonchev–Trinajstić information content (AvgIpc) is 2.72. The van der Waals surface area contributed by atoms with Crippen LogP contribution < -0.4 is 0 Å². The molecule has 0 amide bonds. The molecule has 1 heterocycles. The minimum Gasteiger partial charge on any atom is -0.143 e. The summed E-state index contributed by atoms with van der Waals surface area (Å²) in [6.07, 6.45) is 6.53. The lowest BCUT2D eigenvalue weighted by molar-refractivity contribution is 0.712. The van der Waals surface area contributed by atoms with Crippen molar-refractivity contribution in [2.75, 3.05) is 0 Å². The van der Waals surface area contributed by atoms with Crippen LogP contribution in [0.15, 0.2) is 24.3 Å². The highest BCUT2D eigenvalue weighted by Crippen LogP contribution is 2.38. The van der Waals surface area contributed by atoms with E-state index in [1.807, 2.05) is 11.3 Å². The lowest BCUT2D eigenvalue weighted by atomic mass is 10.0. The molecule has 1 aromatic heterocycles. The zero-order valence-electron chi connectivity index (χ0n) is 12.2. The maximum Gasteiger partial charge on any atom is 0.0928 e. The Morgan fingerprint density at radius 3 is 2.60 bits per heavy atom. The Morgan fingerprint density at radius 2 is 1.80 bits per heavy atom. The Morgan fingerprint density at radius 1 is 1.00 bits per heavy atom. The van der Waals surface area contributed by atoms with Gasteiger partial charge in [-0.15, -0.1) is 22.9 Å². The first-order valence-corrected chi connectivity index (χ1v) is 8.73. The normalized spacial score (nSPS) is 16.6. The molecule has 0 bridgehead atoms. The van der Waals surface area contributed by atoms with Crippen molar-refractivity contribution >= 4 is 22.9 Å². The van der Waals surface area contributed by atoms with Crippen molar-refractivity contribution < 1.29 is 0 Å². The van der Waals surface area contributed by atoms with Crippen LogP contribution in [0.25, 0.3) is 0 Å². The molecule has 1 atom stereocenters. The number of hydrogen-bond acceptors (Lipinski definition) is 1. The Bertz CT molecular complexity index is 588. The first kappa shape index (κ1) is 14.2. The van der Waals surface area contributed by atoms with Crippen LogP contribution in [0.1, 0.15) is 56.6 Å². The molecule has 0 aliphatic heterocycles. The van der Waals surface area contributed by atoms with Crippen LogP contribution in [-0.4, -0.2) is 0 Å². The Kier molecular flexibility index (Phi) is 4.18. The van der Waals surface area contributed by atoms with E-state index in [4.69, 9.17) is 11.6 Å². The van der Waals surface area contributed by atoms with Crippen molar-refractivity contribution in [3.63, 3.8) is 0 Å². The van der Waals surface area contributed by atoms with Gasteiger partial charge in [-0.25, -0.2) is 0 Å². The molecular weight excluding hydrogens is 284 g/mol. The molecule has 0 fully saturated rings. The summed E-state index contributed by atoms with van der Waals surface area (Å²) in [6.45, 7) is 4.31. The third-order valence-electron chi connectivity index (χ3n) is 4.34. The van der Waals surface area contributed by atoms with Crippen LogP contribution in [0.4, 0.5) is 0 Å². The van der Waals surface area contributed by atoms with E-state index in [2.05, 4.69) is 38.1 Å². The molecule has 0 nitrogen and oxygen atoms in total. The Hall–Kier alpha value is -0.790. The van der Waals surface area contributed by atoms with E-state index >= 15 is 0 Å². The van der Waals surface area contributed by atoms with Gasteiger partial charge in [0.1, 0.15) is 0 Å². The second kappa shape index (κ2) is 5.91. The molecular formula is C18H21ClS. The smallest absolute Gasteiger partial charge is 0.0928 e. The van der Waals surface area contributed by atoms with Gasteiger partial charge in [0.15, 0.2) is 0 Å². The van der Waals surface area contributed by atoms with Gasteiger partial charge in [0.05, 0.1) is 5.38 Å². The standard InChI is InChI=1S/C18H21ClS/c1-12-8-9-15(10-13(12)2)18(19)17-11-14-6-4-3-5-7-16(14)20-17/h8-11,18H,3-7H2,1-2H3. The van der Waals surface area contributed by atoms with Gasteiger partial charge < -0.3 is 0 Å². The first-order chi connectivity index (χ1) is 9.65. The number of aryl methyl sites for hydroxylation is 4. The molecule has 2 aromatic rings. The molecule has 0 spiro atoms. The Balaban J connectivity index is 1.90. The Labute approximate surface area is 130 Å². The van der Waals surface area contributed by atoms with Gasteiger partial charge in [-0.2, -0.15) is 0 Å². The average molecular weight is 305 g/mol. The SMILES string of the molecule is Cc1ccc(C(Cl)c2cc3c(s2)CCCCC3)cc1C. The van der Waals surface area contributed by atoms with Crippen LogP contribution >= 0.6 is 22.9 Å². The lowest BCUT2D eigenvalue weighted by Crippen LogP contribution is -1.92. The van der Waals surface area contributed by atoms with Gasteiger partial charge in [-0.05, 0) is 67.9 Å². The highest BCUT2D eigenvalue weighted by atomic mass is 35.5. The molecule has 0 N–H and O–H groups in total. The third-order valence-corrected chi connectivity index (χ3v) is 6.26. The second-order valence-electron chi connectivity index (χ2n) is 5.86. The second-order valence-corrected chi connectivity index (χ2v) is 7.47. The summed E-state index contributed by atoms with van der Waals surface area (Å²) in [5, 5.41) is 0.00577. The van der Waals surface area contributed by atoms with Crippen LogP contribution in [0.5, 0.6) is 0 Å². The lowest BCUT2D eigenvalue weighted by Gasteiger charge is -2.10. The summed E-state index contributed by atoms with van der Waals surface area (Å²) in [7, 11) is 0. The molecule has 20 heavy (non-hydrogen) atoms. The van der Waals surface area contributed by atoms with E-state index in [9.17, 15) is 0 Å². The van der Waals surface area contributed by atoms with Crippen LogP contribution in [0.3, 0.4) is 0 Å². The monoisotopic (exact) mass is 304 g/mol. The molecule has 0 saturated carbocycles.